The Labute approximate surface area is 72.4 Å². The highest BCUT2D eigenvalue weighted by Gasteiger charge is 1.96. The maximum Gasteiger partial charge on any atom is -0.0448 e. The van der Waals surface area contributed by atoms with E-state index in [1.54, 1.807) is 0 Å². The van der Waals surface area contributed by atoms with Crippen LogP contribution >= 0.6 is 0 Å². The van der Waals surface area contributed by atoms with Gasteiger partial charge < -0.3 is 0 Å². The highest BCUT2D eigenvalue weighted by molar-refractivity contribution is 4.51. The second-order valence-electron chi connectivity index (χ2n) is 4.26. The predicted octanol–water partition coefficient (Wildman–Crippen LogP) is 4.25. The zero-order valence-corrected chi connectivity index (χ0v) is 8.69. The van der Waals surface area contributed by atoms with Gasteiger partial charge in [0.1, 0.15) is 0 Å². The molecule has 11 heavy (non-hydrogen) atoms. The largest absolute Gasteiger partial charge is 0.0625 e. The molecule has 1 aliphatic rings. The molecule has 0 heterocycles. The standard InChI is InChI=1S/C6H14.C5H10/c1-5(2)6(3)4;1-2-4-5-3-1/h5-6H,1-4H3;1-5H2. The van der Waals surface area contributed by atoms with E-state index in [0.717, 1.165) is 11.8 Å². The summed E-state index contributed by atoms with van der Waals surface area (Å²) in [4.78, 5) is 0. The molecule has 1 fully saturated rings. The molecular formula is C11H24. The average molecular weight is 156 g/mol. The molecule has 0 N–H and O–H groups in total. The summed E-state index contributed by atoms with van der Waals surface area (Å²) >= 11 is 0. The molecule has 0 nitrogen and oxygen atoms in total. The predicted molar refractivity (Wildman–Crippen MR) is 52.8 cm³/mol. The fraction of sp³-hybridized carbons (Fsp3) is 1.00. The molecule has 0 bridgehead atoms. The first-order valence-electron chi connectivity index (χ1n) is 5.14. The summed E-state index contributed by atoms with van der Waals surface area (Å²) in [6, 6.07) is 0. The normalized spacial score (nSPS) is 16.9. The van der Waals surface area contributed by atoms with Gasteiger partial charge in [0.25, 0.3) is 0 Å². The van der Waals surface area contributed by atoms with Gasteiger partial charge in [-0.25, -0.2) is 0 Å². The lowest BCUT2D eigenvalue weighted by molar-refractivity contribution is 0.457. The van der Waals surface area contributed by atoms with E-state index in [2.05, 4.69) is 27.7 Å². The van der Waals surface area contributed by atoms with E-state index in [9.17, 15) is 0 Å². The first kappa shape index (κ1) is 11.0. The maximum absolute atomic E-state index is 2.24. The third kappa shape index (κ3) is 7.90. The van der Waals surface area contributed by atoms with Gasteiger partial charge in [0.15, 0.2) is 0 Å². The Balaban J connectivity index is 0.000000183. The van der Waals surface area contributed by atoms with Crippen molar-refractivity contribution in [1.29, 1.82) is 0 Å². The van der Waals surface area contributed by atoms with E-state index in [0.29, 0.717) is 0 Å². The van der Waals surface area contributed by atoms with E-state index in [4.69, 9.17) is 0 Å². The molecule has 1 saturated carbocycles. The average Bonchev–Trinajstić information content (AvgIpc) is 2.41. The van der Waals surface area contributed by atoms with Crippen LogP contribution in [0.1, 0.15) is 59.8 Å². The van der Waals surface area contributed by atoms with Crippen LogP contribution in [-0.4, -0.2) is 0 Å². The summed E-state index contributed by atoms with van der Waals surface area (Å²) in [6.45, 7) is 8.96. The quantitative estimate of drug-likeness (QED) is 0.532. The van der Waals surface area contributed by atoms with Gasteiger partial charge in [-0.15, -0.1) is 0 Å². The molecule has 0 atom stereocenters. The van der Waals surface area contributed by atoms with E-state index < -0.39 is 0 Å². The van der Waals surface area contributed by atoms with Gasteiger partial charge in [0, 0.05) is 0 Å². The Kier molecular flexibility index (Phi) is 6.69. The lowest BCUT2D eigenvalue weighted by atomic mass is 10.0. The molecule has 0 aromatic rings. The van der Waals surface area contributed by atoms with E-state index in [-0.39, 0.29) is 0 Å². The van der Waals surface area contributed by atoms with Crippen molar-refractivity contribution in [3.8, 4) is 0 Å². The first-order valence-corrected chi connectivity index (χ1v) is 5.14. The highest BCUT2D eigenvalue weighted by atomic mass is 14.0. The van der Waals surface area contributed by atoms with Crippen LogP contribution in [0.4, 0.5) is 0 Å². The Morgan fingerprint density at radius 3 is 0.818 bits per heavy atom. The minimum absolute atomic E-state index is 0.852. The zero-order chi connectivity index (χ0) is 8.69. The van der Waals surface area contributed by atoms with Crippen molar-refractivity contribution in [2.24, 2.45) is 11.8 Å². The summed E-state index contributed by atoms with van der Waals surface area (Å²) in [5, 5.41) is 0. The van der Waals surface area contributed by atoms with Crippen LogP contribution in [0, 0.1) is 11.8 Å². The molecule has 1 aliphatic carbocycles. The van der Waals surface area contributed by atoms with Crippen LogP contribution in [0.2, 0.25) is 0 Å². The lowest BCUT2D eigenvalue weighted by Crippen LogP contribution is -1.95. The Hall–Kier alpha value is 0. The second kappa shape index (κ2) is 6.69. The van der Waals surface area contributed by atoms with Crippen molar-refractivity contribution in [3.63, 3.8) is 0 Å². The molecule has 0 radical (unpaired) electrons. The van der Waals surface area contributed by atoms with E-state index >= 15 is 0 Å². The SMILES string of the molecule is C1CCCC1.CC(C)C(C)C. The van der Waals surface area contributed by atoms with Crippen LogP contribution in [0.15, 0.2) is 0 Å². The summed E-state index contributed by atoms with van der Waals surface area (Å²) in [5.41, 5.74) is 0. The van der Waals surface area contributed by atoms with Crippen LogP contribution in [0.25, 0.3) is 0 Å². The van der Waals surface area contributed by atoms with Gasteiger partial charge in [0.2, 0.25) is 0 Å². The highest BCUT2D eigenvalue weighted by Crippen LogP contribution is 2.15. The third-order valence-electron chi connectivity index (χ3n) is 2.58. The van der Waals surface area contributed by atoms with E-state index in [1.807, 2.05) is 0 Å². The first-order chi connectivity index (χ1) is 5.14. The zero-order valence-electron chi connectivity index (χ0n) is 8.69. The van der Waals surface area contributed by atoms with Crippen molar-refractivity contribution in [3.05, 3.63) is 0 Å². The molecule has 1 rings (SSSR count). The maximum atomic E-state index is 2.24. The third-order valence-corrected chi connectivity index (χ3v) is 2.58. The molecule has 0 aromatic carbocycles. The smallest absolute Gasteiger partial charge is 0.0448 e. The van der Waals surface area contributed by atoms with Gasteiger partial charge in [0.05, 0.1) is 0 Å². The topological polar surface area (TPSA) is 0 Å². The van der Waals surface area contributed by atoms with Gasteiger partial charge in [-0.1, -0.05) is 59.8 Å². The van der Waals surface area contributed by atoms with Crippen LogP contribution < -0.4 is 0 Å². The Morgan fingerprint density at radius 1 is 0.545 bits per heavy atom. The Morgan fingerprint density at radius 2 is 0.727 bits per heavy atom. The van der Waals surface area contributed by atoms with Crippen molar-refractivity contribution in [2.75, 3.05) is 0 Å². The monoisotopic (exact) mass is 156 g/mol. The van der Waals surface area contributed by atoms with Crippen LogP contribution in [-0.2, 0) is 0 Å². The van der Waals surface area contributed by atoms with Gasteiger partial charge in [-0.3, -0.25) is 0 Å². The molecule has 0 amide bonds. The van der Waals surface area contributed by atoms with Gasteiger partial charge >= 0.3 is 0 Å². The fourth-order valence-corrected chi connectivity index (χ4v) is 0.884. The van der Waals surface area contributed by atoms with Gasteiger partial charge in [-0.2, -0.15) is 0 Å². The van der Waals surface area contributed by atoms with E-state index in [1.165, 1.54) is 32.1 Å². The summed E-state index contributed by atoms with van der Waals surface area (Å²) < 4.78 is 0. The molecule has 0 saturated heterocycles. The Bertz CT molecular complexity index is 54.5. The molecule has 68 valence electrons. The van der Waals surface area contributed by atoms with Crippen molar-refractivity contribution < 1.29 is 0 Å². The molecule has 0 unspecified atom stereocenters. The molecule has 0 aromatic heterocycles. The van der Waals surface area contributed by atoms with Gasteiger partial charge in [-0.05, 0) is 11.8 Å². The number of hydrogen-bond acceptors (Lipinski definition) is 0. The lowest BCUT2D eigenvalue weighted by Gasteiger charge is -2.05. The minimum Gasteiger partial charge on any atom is -0.0625 e. The molecule has 0 spiro atoms. The summed E-state index contributed by atoms with van der Waals surface area (Å²) in [5.74, 6) is 1.70. The number of hydrogen-bond donors (Lipinski definition) is 0. The molecule has 0 heteroatoms. The summed E-state index contributed by atoms with van der Waals surface area (Å²) in [6.07, 6.45) is 7.50. The summed E-state index contributed by atoms with van der Waals surface area (Å²) in [7, 11) is 0. The number of rotatable bonds is 1. The minimum atomic E-state index is 0.852. The fourth-order valence-electron chi connectivity index (χ4n) is 0.884. The van der Waals surface area contributed by atoms with Crippen LogP contribution in [0.3, 0.4) is 0 Å². The molecular weight excluding hydrogens is 132 g/mol. The molecule has 0 aliphatic heterocycles. The van der Waals surface area contributed by atoms with Crippen molar-refractivity contribution >= 4 is 0 Å². The van der Waals surface area contributed by atoms with Crippen LogP contribution in [0.5, 0.6) is 0 Å². The second-order valence-corrected chi connectivity index (χ2v) is 4.26. The van der Waals surface area contributed by atoms with Crippen molar-refractivity contribution in [1.82, 2.24) is 0 Å². The van der Waals surface area contributed by atoms with Crippen molar-refractivity contribution in [2.45, 2.75) is 59.8 Å².